The Hall–Kier alpha value is -0.932. The molecule has 0 aliphatic rings. The number of hydrogen-bond donors (Lipinski definition) is 2. The van der Waals surface area contributed by atoms with Gasteiger partial charge in [-0.3, -0.25) is 0 Å². The van der Waals surface area contributed by atoms with Gasteiger partial charge in [0.25, 0.3) is 0 Å². The van der Waals surface area contributed by atoms with Gasteiger partial charge in [0.2, 0.25) is 0 Å². The molecule has 0 aromatic carbocycles. The SMILES string of the molecule is CSC(=[SH+])[N-]N=Cc1ccc[nH]1.CSC(=[SH+])[N-]N=Cc1ccc[nH]1.[Pt]. The van der Waals surface area contributed by atoms with Crippen molar-refractivity contribution < 1.29 is 21.1 Å². The van der Waals surface area contributed by atoms with Crippen LogP contribution in [0.3, 0.4) is 0 Å². The molecule has 138 valence electrons. The van der Waals surface area contributed by atoms with E-state index in [-0.39, 0.29) is 21.1 Å². The average molecular weight is 594 g/mol. The van der Waals surface area contributed by atoms with Crippen molar-refractivity contribution in [3.05, 3.63) is 58.9 Å². The van der Waals surface area contributed by atoms with E-state index in [2.05, 4.69) is 55.5 Å². The van der Waals surface area contributed by atoms with Crippen molar-refractivity contribution in [2.45, 2.75) is 0 Å². The second kappa shape index (κ2) is 15.3. The second-order valence-corrected chi connectivity index (χ2v) is 6.96. The van der Waals surface area contributed by atoms with Crippen LogP contribution in [0, 0.1) is 0 Å². The van der Waals surface area contributed by atoms with Gasteiger partial charge in [-0.05, 0) is 36.8 Å². The van der Waals surface area contributed by atoms with Gasteiger partial charge in [-0.15, -0.1) is 0 Å². The van der Waals surface area contributed by atoms with Crippen molar-refractivity contribution in [1.29, 1.82) is 0 Å². The van der Waals surface area contributed by atoms with Gasteiger partial charge < -0.3 is 31.0 Å². The normalized spacial score (nSPS) is 10.0. The molecule has 0 saturated carbocycles. The minimum Gasteiger partial charge on any atom is -0.520 e. The predicted molar refractivity (Wildman–Crippen MR) is 118 cm³/mol. The van der Waals surface area contributed by atoms with Gasteiger partial charge in [0, 0.05) is 45.9 Å². The zero-order chi connectivity index (χ0) is 17.6. The molecule has 11 heteroatoms. The van der Waals surface area contributed by atoms with Gasteiger partial charge in [-0.2, -0.15) is 0 Å². The van der Waals surface area contributed by atoms with Crippen LogP contribution < -0.4 is 0 Å². The molecule has 2 aromatic heterocycles. The van der Waals surface area contributed by atoms with E-state index in [4.69, 9.17) is 0 Å². The molecule has 2 N–H and O–H groups in total. The summed E-state index contributed by atoms with van der Waals surface area (Å²) in [6.45, 7) is 0. The zero-order valence-corrected chi connectivity index (χ0v) is 19.1. The zero-order valence-electron chi connectivity index (χ0n) is 13.4. The molecular formula is C14H18N6PtS4. The fraction of sp³-hybridized carbons (Fsp3) is 0.143. The summed E-state index contributed by atoms with van der Waals surface area (Å²) in [7, 11) is 0. The molecule has 0 amide bonds. The van der Waals surface area contributed by atoms with Crippen LogP contribution in [0.5, 0.6) is 0 Å². The fourth-order valence-electron chi connectivity index (χ4n) is 1.21. The number of H-pyrrole nitrogens is 2. The number of nitrogens with zero attached hydrogens (tertiary/aromatic N) is 4. The number of rotatable bonds is 4. The summed E-state index contributed by atoms with van der Waals surface area (Å²) >= 11 is 11.0. The standard InChI is InChI=1S/2C7H9N3S2.Pt/c2*1-12-7(11)10-9-5-6-3-2-4-8-6;/h2*2-5H,1H3,(H2,8,9,10,11);. The molecule has 0 saturated heterocycles. The van der Waals surface area contributed by atoms with Gasteiger partial charge in [-0.1, -0.05) is 23.5 Å². The third-order valence-electron chi connectivity index (χ3n) is 2.29. The first kappa shape index (κ1) is 24.1. The van der Waals surface area contributed by atoms with Gasteiger partial charge in [0.15, 0.2) is 33.1 Å². The molecule has 0 atom stereocenters. The first-order valence-corrected chi connectivity index (χ1v) is 9.94. The Kier molecular flexibility index (Phi) is 14.8. The third-order valence-corrected chi connectivity index (χ3v) is 4.46. The van der Waals surface area contributed by atoms with Crippen LogP contribution in [0.1, 0.15) is 11.4 Å². The third kappa shape index (κ3) is 12.1. The molecule has 0 aliphatic heterocycles. The van der Waals surface area contributed by atoms with Crippen LogP contribution in [-0.2, 0) is 45.5 Å². The minimum atomic E-state index is 0. The topological polar surface area (TPSA) is 84.5 Å². The molecule has 6 nitrogen and oxygen atoms in total. The second-order valence-electron chi connectivity index (χ2n) is 3.91. The maximum Gasteiger partial charge on any atom is 0.174 e. The molecule has 0 spiro atoms. The molecule has 2 aromatic rings. The largest absolute Gasteiger partial charge is 0.520 e. The number of thioether (sulfide) groups is 2. The number of aromatic nitrogens is 2. The van der Waals surface area contributed by atoms with E-state index in [9.17, 15) is 0 Å². The van der Waals surface area contributed by atoms with Crippen molar-refractivity contribution in [2.75, 3.05) is 12.5 Å². The maximum atomic E-state index is 4.05. The minimum absolute atomic E-state index is 0. The molecule has 2 rings (SSSR count). The number of hydrogen-bond acceptors (Lipinski definition) is 4. The summed E-state index contributed by atoms with van der Waals surface area (Å²) in [6, 6.07) is 7.63. The molecule has 0 fully saturated rings. The van der Waals surface area contributed by atoms with Gasteiger partial charge in [0.05, 0.1) is 11.4 Å². The molecule has 0 radical (unpaired) electrons. The van der Waals surface area contributed by atoms with E-state index in [0.29, 0.717) is 8.64 Å². The van der Waals surface area contributed by atoms with Crippen molar-refractivity contribution >= 4 is 69.0 Å². The Morgan fingerprint density at radius 2 is 1.32 bits per heavy atom. The molecule has 25 heavy (non-hydrogen) atoms. The number of aromatic amines is 2. The summed E-state index contributed by atoms with van der Waals surface area (Å²) in [5, 5.41) is 7.64. The predicted octanol–water partition coefficient (Wildman–Crippen LogP) is 2.90. The van der Waals surface area contributed by atoms with E-state index in [0.717, 1.165) is 11.4 Å². The first-order chi connectivity index (χ1) is 11.7. The van der Waals surface area contributed by atoms with Crippen LogP contribution in [0.4, 0.5) is 0 Å². The Balaban J connectivity index is 0.000000443. The van der Waals surface area contributed by atoms with Gasteiger partial charge >= 0.3 is 0 Å². The smallest absolute Gasteiger partial charge is 0.174 e. The van der Waals surface area contributed by atoms with Crippen LogP contribution in [0.15, 0.2) is 46.9 Å². The van der Waals surface area contributed by atoms with Crippen LogP contribution in [0.25, 0.3) is 10.9 Å². The Morgan fingerprint density at radius 1 is 0.920 bits per heavy atom. The Bertz CT molecular complexity index is 597. The summed E-state index contributed by atoms with van der Waals surface area (Å²) in [5.74, 6) is 0. The van der Waals surface area contributed by atoms with Crippen molar-refractivity contribution in [2.24, 2.45) is 10.2 Å². The first-order valence-electron chi connectivity index (χ1n) is 6.60. The summed E-state index contributed by atoms with van der Waals surface area (Å²) in [5.41, 5.74) is 9.48. The van der Waals surface area contributed by atoms with E-state index in [1.807, 2.05) is 49.2 Å². The molecule has 0 unspecified atom stereocenters. The summed E-state index contributed by atoms with van der Waals surface area (Å²) in [4.78, 5) is 5.96. The molecule has 0 bridgehead atoms. The molecule has 0 aliphatic carbocycles. The van der Waals surface area contributed by atoms with E-state index >= 15 is 0 Å². The Labute approximate surface area is 180 Å². The number of nitrogens with one attached hydrogen (secondary N) is 2. The molecule has 2 heterocycles. The fourth-order valence-corrected chi connectivity index (χ4v) is 1.57. The van der Waals surface area contributed by atoms with E-state index < -0.39 is 0 Å². The van der Waals surface area contributed by atoms with E-state index in [1.165, 1.54) is 23.5 Å². The van der Waals surface area contributed by atoms with E-state index in [1.54, 1.807) is 12.4 Å². The maximum absolute atomic E-state index is 4.05. The Morgan fingerprint density at radius 3 is 1.60 bits per heavy atom. The van der Waals surface area contributed by atoms with Crippen LogP contribution >= 0.6 is 23.5 Å². The summed E-state index contributed by atoms with van der Waals surface area (Å²) in [6.07, 6.45) is 10.8. The monoisotopic (exact) mass is 593 g/mol. The number of thiol groups is 2. The van der Waals surface area contributed by atoms with Gasteiger partial charge in [0.1, 0.15) is 0 Å². The van der Waals surface area contributed by atoms with Crippen LogP contribution in [-0.4, -0.2) is 43.5 Å². The molecular weight excluding hydrogens is 576 g/mol. The van der Waals surface area contributed by atoms with Crippen LogP contribution in [0.2, 0.25) is 0 Å². The summed E-state index contributed by atoms with van der Waals surface area (Å²) < 4.78 is 1.30. The van der Waals surface area contributed by atoms with Gasteiger partial charge in [-0.25, -0.2) is 0 Å². The van der Waals surface area contributed by atoms with Crippen molar-refractivity contribution in [3.8, 4) is 0 Å². The van der Waals surface area contributed by atoms with Crippen molar-refractivity contribution in [1.82, 2.24) is 9.97 Å². The average Bonchev–Trinajstić information content (AvgIpc) is 3.29. The quantitative estimate of drug-likeness (QED) is 0.188. The van der Waals surface area contributed by atoms with Crippen molar-refractivity contribution in [3.63, 3.8) is 0 Å².